The monoisotopic (exact) mass is 420 g/mol. The van der Waals surface area contributed by atoms with Crippen LogP contribution in [0.15, 0.2) is 24.3 Å². The number of methoxy groups -OCH3 is 1. The number of para-hydroxylation sites is 1. The largest absolute Gasteiger partial charge is 0.495 e. The van der Waals surface area contributed by atoms with Crippen LogP contribution in [0.2, 0.25) is 0 Å². The van der Waals surface area contributed by atoms with E-state index in [1.807, 2.05) is 34.7 Å². The third kappa shape index (κ3) is 3.58. The van der Waals surface area contributed by atoms with Gasteiger partial charge in [-0.15, -0.1) is 0 Å². The van der Waals surface area contributed by atoms with E-state index in [1.54, 1.807) is 7.11 Å². The van der Waals surface area contributed by atoms with E-state index in [9.17, 15) is 4.79 Å². The Hall–Kier alpha value is -2.89. The van der Waals surface area contributed by atoms with E-state index in [0.717, 1.165) is 52.3 Å². The summed E-state index contributed by atoms with van der Waals surface area (Å²) in [5.74, 6) is 0.918. The number of ether oxygens (including phenoxy) is 1. The summed E-state index contributed by atoms with van der Waals surface area (Å²) in [7, 11) is 1.66. The Kier molecular flexibility index (Phi) is 5.28. The number of aryl methyl sites for hydroxylation is 2. The van der Waals surface area contributed by atoms with Crippen molar-refractivity contribution < 1.29 is 9.53 Å². The molecule has 1 aliphatic heterocycles. The van der Waals surface area contributed by atoms with Gasteiger partial charge in [-0.05, 0) is 64.2 Å². The number of nitrogens with zero attached hydrogens (tertiary/aromatic N) is 4. The van der Waals surface area contributed by atoms with Gasteiger partial charge >= 0.3 is 0 Å². The van der Waals surface area contributed by atoms with Crippen LogP contribution in [0.5, 0.6) is 5.75 Å². The van der Waals surface area contributed by atoms with Gasteiger partial charge in [-0.25, -0.2) is 9.67 Å². The Balaban J connectivity index is 1.96. The molecule has 1 amide bonds. The highest BCUT2D eigenvalue weighted by atomic mass is 16.5. The lowest BCUT2D eigenvalue weighted by Crippen LogP contribution is -2.36. The minimum atomic E-state index is -0.240. The first kappa shape index (κ1) is 21.3. The fraction of sp³-hybridized carbons (Fsp3) is 0.480. The van der Waals surface area contributed by atoms with E-state index in [1.165, 1.54) is 0 Å². The fourth-order valence-electron chi connectivity index (χ4n) is 4.37. The summed E-state index contributed by atoms with van der Waals surface area (Å²) in [5.41, 5.74) is 4.97. The Morgan fingerprint density at radius 3 is 2.61 bits per heavy atom. The molecule has 3 heterocycles. The Morgan fingerprint density at radius 2 is 1.97 bits per heavy atom. The molecule has 164 valence electrons. The van der Waals surface area contributed by atoms with Crippen LogP contribution in [0.25, 0.3) is 11.0 Å². The molecule has 31 heavy (non-hydrogen) atoms. The Labute approximate surface area is 184 Å². The van der Waals surface area contributed by atoms with E-state index in [2.05, 4.69) is 40.7 Å². The number of carbonyl (C=O) groups is 1. The van der Waals surface area contributed by atoms with E-state index in [4.69, 9.17) is 14.8 Å². The lowest BCUT2D eigenvalue weighted by Gasteiger charge is -2.31. The quantitative estimate of drug-likeness (QED) is 0.583. The molecule has 4 rings (SSSR count). The van der Waals surface area contributed by atoms with Crippen LogP contribution in [-0.2, 0) is 12.0 Å². The zero-order chi connectivity index (χ0) is 22.5. The summed E-state index contributed by atoms with van der Waals surface area (Å²) < 4.78 is 7.58. The molecule has 0 fully saturated rings. The topological polar surface area (TPSA) is 60.2 Å². The van der Waals surface area contributed by atoms with Crippen LogP contribution in [0.4, 0.5) is 5.69 Å². The predicted octanol–water partition coefficient (Wildman–Crippen LogP) is 5.22. The van der Waals surface area contributed by atoms with Gasteiger partial charge < -0.3 is 9.64 Å². The normalized spacial score (nSPS) is 14.3. The standard InChI is InChI=1S/C25H32N4O2/c1-15(2)19-14-18(21-16(3)27-29(23(21)26-19)25(4,5)6)24(30)28-13-9-11-17-10-8-12-20(31-7)22(17)28/h8,10,12,14-15H,9,11,13H2,1-7H3. The molecule has 1 aromatic carbocycles. The van der Waals surface area contributed by atoms with Gasteiger partial charge in [0.1, 0.15) is 5.75 Å². The van der Waals surface area contributed by atoms with Crippen molar-refractivity contribution in [3.63, 3.8) is 0 Å². The highest BCUT2D eigenvalue weighted by Crippen LogP contribution is 2.38. The second-order valence-corrected chi connectivity index (χ2v) is 9.64. The average molecular weight is 421 g/mol. The fourth-order valence-corrected chi connectivity index (χ4v) is 4.37. The number of pyridine rings is 1. The number of carbonyl (C=O) groups excluding carboxylic acids is 1. The molecule has 0 unspecified atom stereocenters. The summed E-state index contributed by atoms with van der Waals surface area (Å²) in [5, 5.41) is 5.63. The molecule has 0 saturated carbocycles. The minimum absolute atomic E-state index is 0.0173. The number of hydrogen-bond donors (Lipinski definition) is 0. The number of rotatable bonds is 3. The molecule has 2 aromatic heterocycles. The summed E-state index contributed by atoms with van der Waals surface area (Å²) >= 11 is 0. The molecule has 3 aromatic rings. The van der Waals surface area contributed by atoms with Gasteiger partial charge in [0, 0.05) is 12.2 Å². The van der Waals surface area contributed by atoms with Gasteiger partial charge in [-0.1, -0.05) is 26.0 Å². The number of amides is 1. The van der Waals surface area contributed by atoms with Crippen molar-refractivity contribution in [2.45, 2.75) is 65.8 Å². The number of anilines is 1. The number of aromatic nitrogens is 3. The number of fused-ring (bicyclic) bond motifs is 2. The molecule has 6 heteroatoms. The van der Waals surface area contributed by atoms with E-state index in [-0.39, 0.29) is 17.4 Å². The molecule has 0 aliphatic carbocycles. The molecule has 6 nitrogen and oxygen atoms in total. The SMILES string of the molecule is COc1cccc2c1N(C(=O)c1cc(C(C)C)nc3c1c(C)nn3C(C)(C)C)CCC2. The molecule has 0 atom stereocenters. The number of hydrogen-bond acceptors (Lipinski definition) is 4. The second kappa shape index (κ2) is 7.66. The van der Waals surface area contributed by atoms with Crippen LogP contribution in [0, 0.1) is 6.92 Å². The minimum Gasteiger partial charge on any atom is -0.495 e. The van der Waals surface area contributed by atoms with Crippen LogP contribution in [-0.4, -0.2) is 34.3 Å². The van der Waals surface area contributed by atoms with Crippen molar-refractivity contribution in [3.05, 3.63) is 46.8 Å². The predicted molar refractivity (Wildman–Crippen MR) is 124 cm³/mol. The second-order valence-electron chi connectivity index (χ2n) is 9.64. The molecular weight excluding hydrogens is 388 g/mol. The van der Waals surface area contributed by atoms with Crippen molar-refractivity contribution in [1.29, 1.82) is 0 Å². The third-order valence-electron chi connectivity index (χ3n) is 5.94. The van der Waals surface area contributed by atoms with E-state index < -0.39 is 0 Å². The molecule has 0 N–H and O–H groups in total. The van der Waals surface area contributed by atoms with Gasteiger partial charge in [-0.3, -0.25) is 4.79 Å². The van der Waals surface area contributed by atoms with Crippen LogP contribution < -0.4 is 9.64 Å². The Morgan fingerprint density at radius 1 is 1.23 bits per heavy atom. The van der Waals surface area contributed by atoms with Gasteiger partial charge in [0.05, 0.1) is 35.0 Å². The zero-order valence-corrected chi connectivity index (χ0v) is 19.6. The van der Waals surface area contributed by atoms with Gasteiger partial charge in [-0.2, -0.15) is 5.10 Å². The summed E-state index contributed by atoms with van der Waals surface area (Å²) in [6.07, 6.45) is 1.87. The van der Waals surface area contributed by atoms with E-state index in [0.29, 0.717) is 12.1 Å². The maximum Gasteiger partial charge on any atom is 0.259 e. The highest BCUT2D eigenvalue weighted by Gasteiger charge is 2.31. The van der Waals surface area contributed by atoms with Crippen molar-refractivity contribution in [2.75, 3.05) is 18.6 Å². The first-order valence-electron chi connectivity index (χ1n) is 11.0. The van der Waals surface area contributed by atoms with Gasteiger partial charge in [0.15, 0.2) is 5.65 Å². The van der Waals surface area contributed by atoms with Crippen molar-refractivity contribution in [2.24, 2.45) is 0 Å². The Bertz CT molecular complexity index is 1140. The van der Waals surface area contributed by atoms with E-state index >= 15 is 0 Å². The molecule has 0 bridgehead atoms. The van der Waals surface area contributed by atoms with Crippen molar-refractivity contribution in [1.82, 2.24) is 14.8 Å². The molecule has 0 spiro atoms. The summed E-state index contributed by atoms with van der Waals surface area (Å²) in [4.78, 5) is 20.8. The van der Waals surface area contributed by atoms with Crippen molar-refractivity contribution in [3.8, 4) is 5.75 Å². The van der Waals surface area contributed by atoms with Crippen LogP contribution >= 0.6 is 0 Å². The molecular formula is C25H32N4O2. The molecule has 0 radical (unpaired) electrons. The smallest absolute Gasteiger partial charge is 0.259 e. The maximum atomic E-state index is 14.0. The lowest BCUT2D eigenvalue weighted by atomic mass is 9.98. The lowest BCUT2D eigenvalue weighted by molar-refractivity contribution is 0.0985. The number of benzene rings is 1. The molecule has 0 saturated heterocycles. The van der Waals surface area contributed by atoms with Crippen LogP contribution in [0.1, 0.15) is 74.3 Å². The summed E-state index contributed by atoms with van der Waals surface area (Å²) in [6, 6.07) is 7.96. The first-order valence-corrected chi connectivity index (χ1v) is 11.0. The first-order chi connectivity index (χ1) is 14.6. The highest BCUT2D eigenvalue weighted by molar-refractivity contribution is 6.14. The zero-order valence-electron chi connectivity index (χ0n) is 19.6. The third-order valence-corrected chi connectivity index (χ3v) is 5.94. The van der Waals surface area contributed by atoms with Gasteiger partial charge in [0.2, 0.25) is 0 Å². The van der Waals surface area contributed by atoms with Gasteiger partial charge in [0.25, 0.3) is 5.91 Å². The van der Waals surface area contributed by atoms with Crippen molar-refractivity contribution >= 4 is 22.6 Å². The average Bonchev–Trinajstić information content (AvgIpc) is 3.08. The maximum absolute atomic E-state index is 14.0. The van der Waals surface area contributed by atoms with Crippen LogP contribution in [0.3, 0.4) is 0 Å². The molecule has 1 aliphatic rings. The summed E-state index contributed by atoms with van der Waals surface area (Å²) in [6.45, 7) is 13.2.